The van der Waals surface area contributed by atoms with Crippen LogP contribution in [-0.2, 0) is 4.79 Å². The molecule has 6 nitrogen and oxygen atoms in total. The normalized spacial score (nSPS) is 18.4. The molecule has 1 rings (SSSR count). The molecule has 1 saturated heterocycles. The lowest BCUT2D eigenvalue weighted by molar-refractivity contribution is -0.144. The minimum Gasteiger partial charge on any atom is -0.480 e. The van der Waals surface area contributed by atoms with Gasteiger partial charge in [0.25, 0.3) is 0 Å². The average molecular weight is 288 g/mol. The third-order valence-electron chi connectivity index (χ3n) is 3.83. The van der Waals surface area contributed by atoms with Gasteiger partial charge in [0.1, 0.15) is 5.54 Å². The Morgan fingerprint density at radius 1 is 1.20 bits per heavy atom. The minimum absolute atomic E-state index is 0. The number of carboxylic acid groups (broad SMARTS) is 1. The average Bonchev–Trinajstić information content (AvgIpc) is 2.85. The first kappa shape index (κ1) is 19.4. The molecule has 1 heterocycles. The quantitative estimate of drug-likeness (QED) is 0.364. The summed E-state index contributed by atoms with van der Waals surface area (Å²) in [6, 6.07) is 0. The molecule has 0 amide bonds. The van der Waals surface area contributed by atoms with Gasteiger partial charge in [0, 0.05) is 6.54 Å². The fourth-order valence-corrected chi connectivity index (χ4v) is 2.47. The zero-order valence-electron chi connectivity index (χ0n) is 11.4. The highest BCUT2D eigenvalue weighted by Gasteiger charge is 2.33. The number of carbonyl (C=O) groups is 1. The smallest absolute Gasteiger partial charge is 0.451 e. The van der Waals surface area contributed by atoms with E-state index in [9.17, 15) is 9.90 Å². The topological polar surface area (TPSA) is 107 Å². The van der Waals surface area contributed by atoms with Gasteiger partial charge in [-0.15, -0.1) is 0 Å². The van der Waals surface area contributed by atoms with Crippen LogP contribution in [0.15, 0.2) is 0 Å². The highest BCUT2D eigenvalue weighted by molar-refractivity contribution is 6.40. The molecule has 0 bridgehead atoms. The van der Waals surface area contributed by atoms with Crippen LogP contribution in [0.5, 0.6) is 0 Å². The molecule has 1 unspecified atom stereocenters. The first-order chi connectivity index (χ1) is 8.94. The number of hydrogen-bond acceptors (Lipinski definition) is 5. The molecule has 0 aromatic heterocycles. The van der Waals surface area contributed by atoms with Crippen molar-refractivity contribution in [3.63, 3.8) is 0 Å². The van der Waals surface area contributed by atoms with Crippen molar-refractivity contribution < 1.29 is 19.9 Å². The summed E-state index contributed by atoms with van der Waals surface area (Å²) in [6.07, 6.45) is 4.63. The summed E-state index contributed by atoms with van der Waals surface area (Å²) in [5, 5.41) is 26.8. The Labute approximate surface area is 122 Å². The zero-order valence-corrected chi connectivity index (χ0v) is 11.4. The van der Waals surface area contributed by atoms with Crippen LogP contribution >= 0.6 is 0 Å². The van der Waals surface area contributed by atoms with E-state index in [-0.39, 0.29) is 13.7 Å². The second kappa shape index (κ2) is 9.34. The van der Waals surface area contributed by atoms with Crippen molar-refractivity contribution in [2.45, 2.75) is 57.8 Å². The van der Waals surface area contributed by atoms with E-state index >= 15 is 0 Å². The predicted molar refractivity (Wildman–Crippen MR) is 80.4 cm³/mol. The first-order valence-corrected chi connectivity index (χ1v) is 7.05. The SMILES string of the molecule is C.NC(CCCCB(O)O)(CCN1CCCC1)C(=O)O. The molecule has 20 heavy (non-hydrogen) atoms. The van der Waals surface area contributed by atoms with Gasteiger partial charge in [-0.25, -0.2) is 0 Å². The second-order valence-electron chi connectivity index (χ2n) is 5.49. The molecular formula is C13H29BN2O4. The van der Waals surface area contributed by atoms with Gasteiger partial charge in [-0.3, -0.25) is 4.79 Å². The highest BCUT2D eigenvalue weighted by Crippen LogP contribution is 2.19. The van der Waals surface area contributed by atoms with Gasteiger partial charge in [0.15, 0.2) is 0 Å². The maximum atomic E-state index is 11.3. The van der Waals surface area contributed by atoms with Gasteiger partial charge in [-0.2, -0.15) is 0 Å². The Morgan fingerprint density at radius 3 is 2.30 bits per heavy atom. The molecule has 0 aliphatic carbocycles. The highest BCUT2D eigenvalue weighted by atomic mass is 16.4. The van der Waals surface area contributed by atoms with E-state index in [4.69, 9.17) is 15.8 Å². The Bertz CT molecular complexity index is 286. The third-order valence-corrected chi connectivity index (χ3v) is 3.83. The predicted octanol–water partition coefficient (Wildman–Crippen LogP) is 0.534. The lowest BCUT2D eigenvalue weighted by atomic mass is 9.81. The van der Waals surface area contributed by atoms with Crippen LogP contribution in [0.2, 0.25) is 6.32 Å². The maximum absolute atomic E-state index is 11.3. The maximum Gasteiger partial charge on any atom is 0.451 e. The fourth-order valence-electron chi connectivity index (χ4n) is 2.47. The van der Waals surface area contributed by atoms with E-state index in [1.54, 1.807) is 0 Å². The summed E-state index contributed by atoms with van der Waals surface area (Å²) in [5.74, 6) is -0.962. The van der Waals surface area contributed by atoms with Gasteiger partial charge in [-0.05, 0) is 45.1 Å². The summed E-state index contributed by atoms with van der Waals surface area (Å²) in [6.45, 7) is 2.80. The van der Waals surface area contributed by atoms with E-state index in [0.29, 0.717) is 25.7 Å². The molecule has 7 heteroatoms. The Kier molecular flexibility index (Phi) is 9.04. The largest absolute Gasteiger partial charge is 0.480 e. The number of nitrogens with zero attached hydrogens (tertiary/aromatic N) is 1. The monoisotopic (exact) mass is 288 g/mol. The van der Waals surface area contributed by atoms with Gasteiger partial charge >= 0.3 is 13.1 Å². The van der Waals surface area contributed by atoms with Crippen LogP contribution in [0, 0.1) is 0 Å². The number of aliphatic carboxylic acids is 1. The molecule has 1 aliphatic heterocycles. The summed E-state index contributed by atoms with van der Waals surface area (Å²) < 4.78 is 0. The van der Waals surface area contributed by atoms with Crippen LogP contribution < -0.4 is 5.73 Å². The van der Waals surface area contributed by atoms with Gasteiger partial charge in [0.2, 0.25) is 0 Å². The molecule has 0 spiro atoms. The number of likely N-dealkylation sites (tertiary alicyclic amines) is 1. The van der Waals surface area contributed by atoms with Gasteiger partial charge in [-0.1, -0.05) is 20.3 Å². The number of nitrogens with two attached hydrogens (primary N) is 1. The van der Waals surface area contributed by atoms with Crippen LogP contribution in [0.25, 0.3) is 0 Å². The van der Waals surface area contributed by atoms with E-state index < -0.39 is 18.6 Å². The van der Waals surface area contributed by atoms with Crippen molar-refractivity contribution in [3.05, 3.63) is 0 Å². The molecule has 1 aliphatic rings. The van der Waals surface area contributed by atoms with Crippen molar-refractivity contribution in [1.29, 1.82) is 0 Å². The van der Waals surface area contributed by atoms with Crippen LogP contribution in [0.3, 0.4) is 0 Å². The molecule has 0 radical (unpaired) electrons. The molecule has 118 valence electrons. The molecule has 0 aromatic rings. The molecule has 0 saturated carbocycles. The molecule has 1 fully saturated rings. The van der Waals surface area contributed by atoms with Gasteiger partial charge < -0.3 is 25.8 Å². The summed E-state index contributed by atoms with van der Waals surface area (Å²) >= 11 is 0. The van der Waals surface area contributed by atoms with Crippen LogP contribution in [0.4, 0.5) is 0 Å². The lowest BCUT2D eigenvalue weighted by Crippen LogP contribution is -2.50. The van der Waals surface area contributed by atoms with Crippen molar-refractivity contribution in [1.82, 2.24) is 4.90 Å². The molecule has 5 N–H and O–H groups in total. The molecule has 0 aromatic carbocycles. The van der Waals surface area contributed by atoms with E-state index in [1.807, 2.05) is 0 Å². The van der Waals surface area contributed by atoms with Crippen molar-refractivity contribution in [2.75, 3.05) is 19.6 Å². The zero-order chi connectivity index (χ0) is 14.3. The van der Waals surface area contributed by atoms with Gasteiger partial charge in [0.05, 0.1) is 0 Å². The molecule has 1 atom stereocenters. The number of carboxylic acids is 1. The number of unbranched alkanes of at least 4 members (excludes halogenated alkanes) is 1. The van der Waals surface area contributed by atoms with E-state index in [1.165, 1.54) is 12.8 Å². The number of rotatable bonds is 9. The third kappa shape index (κ3) is 6.70. The summed E-state index contributed by atoms with van der Waals surface area (Å²) in [4.78, 5) is 13.6. The van der Waals surface area contributed by atoms with Crippen molar-refractivity contribution in [2.24, 2.45) is 5.73 Å². The Morgan fingerprint density at radius 2 is 1.80 bits per heavy atom. The summed E-state index contributed by atoms with van der Waals surface area (Å²) in [5.41, 5.74) is 4.79. The second-order valence-corrected chi connectivity index (χ2v) is 5.49. The van der Waals surface area contributed by atoms with E-state index in [2.05, 4.69) is 4.90 Å². The minimum atomic E-state index is -1.32. The Balaban J connectivity index is 0.00000361. The van der Waals surface area contributed by atoms with E-state index in [0.717, 1.165) is 19.6 Å². The van der Waals surface area contributed by atoms with Crippen LogP contribution in [-0.4, -0.2) is 58.3 Å². The Hall–Kier alpha value is -0.625. The lowest BCUT2D eigenvalue weighted by Gasteiger charge is -2.27. The van der Waals surface area contributed by atoms with Crippen molar-refractivity contribution >= 4 is 13.1 Å². The first-order valence-electron chi connectivity index (χ1n) is 7.05. The standard InChI is InChI=1S/C12H25BN2O4.CH4/c14-12(11(16)17,5-1-2-7-13(18)19)6-10-15-8-3-4-9-15;/h18-19H,1-10,14H2,(H,16,17);1H4. The fraction of sp³-hybridized carbons (Fsp3) is 0.923. The molecular weight excluding hydrogens is 259 g/mol. The van der Waals surface area contributed by atoms with Crippen LogP contribution in [0.1, 0.15) is 46.0 Å². The van der Waals surface area contributed by atoms with Crippen molar-refractivity contribution in [3.8, 4) is 0 Å². The number of hydrogen-bond donors (Lipinski definition) is 4. The summed E-state index contributed by atoms with van der Waals surface area (Å²) in [7, 11) is -1.32.